The minimum Gasteiger partial charge on any atom is -0.496 e. The summed E-state index contributed by atoms with van der Waals surface area (Å²) in [4.78, 5) is 22.7. The van der Waals surface area contributed by atoms with Gasteiger partial charge in [0.2, 0.25) is 0 Å². The molecule has 0 N–H and O–H groups in total. The van der Waals surface area contributed by atoms with E-state index in [9.17, 15) is 14.9 Å². The molecule has 0 saturated carbocycles. The number of benzene rings is 2. The van der Waals surface area contributed by atoms with Gasteiger partial charge in [0.25, 0.3) is 5.69 Å². The molecule has 0 amide bonds. The normalized spacial score (nSPS) is 14.5. The fourth-order valence-electron chi connectivity index (χ4n) is 2.97. The van der Waals surface area contributed by atoms with Gasteiger partial charge in [-0.3, -0.25) is 10.1 Å². The van der Waals surface area contributed by atoms with Gasteiger partial charge in [-0.1, -0.05) is 28.1 Å². The van der Waals surface area contributed by atoms with Crippen LogP contribution >= 0.6 is 15.9 Å². The molecule has 1 aromatic heterocycles. The lowest BCUT2D eigenvalue weighted by Crippen LogP contribution is -1.96. The maximum absolute atomic E-state index is 12.2. The molecule has 0 bridgehead atoms. The molecular weight excluding hydrogens is 454 g/mol. The average Bonchev–Trinajstić information content (AvgIpc) is 3.35. The summed E-state index contributed by atoms with van der Waals surface area (Å²) in [6.07, 6.45) is 3.23. The molecule has 0 atom stereocenters. The molecule has 0 aliphatic carbocycles. The molecular formula is C22H14BrNO6. The van der Waals surface area contributed by atoms with Gasteiger partial charge in [-0.05, 0) is 42.5 Å². The van der Waals surface area contributed by atoms with Crippen LogP contribution in [0.25, 0.3) is 23.2 Å². The molecule has 7 nitrogen and oxygen atoms in total. The highest BCUT2D eigenvalue weighted by molar-refractivity contribution is 9.10. The summed E-state index contributed by atoms with van der Waals surface area (Å²) < 4.78 is 17.3. The number of carbonyl (C=O) groups excluding carboxylic acids is 1. The monoisotopic (exact) mass is 467 g/mol. The number of esters is 1. The number of halogens is 1. The van der Waals surface area contributed by atoms with Crippen molar-refractivity contribution >= 4 is 39.4 Å². The molecule has 3 aromatic rings. The predicted molar refractivity (Wildman–Crippen MR) is 114 cm³/mol. The van der Waals surface area contributed by atoms with Crippen LogP contribution in [0.5, 0.6) is 5.75 Å². The molecule has 4 rings (SSSR count). The predicted octanol–water partition coefficient (Wildman–Crippen LogP) is 5.61. The highest BCUT2D eigenvalue weighted by Crippen LogP contribution is 2.35. The molecule has 0 unspecified atom stereocenters. The lowest BCUT2D eigenvalue weighted by atomic mass is 10.1. The maximum atomic E-state index is 12.2. The summed E-state index contributed by atoms with van der Waals surface area (Å²) >= 11 is 3.37. The van der Waals surface area contributed by atoms with Crippen molar-refractivity contribution in [2.75, 3.05) is 7.11 Å². The highest BCUT2D eigenvalue weighted by atomic mass is 79.9. The van der Waals surface area contributed by atoms with E-state index < -0.39 is 10.9 Å². The molecule has 8 heteroatoms. The van der Waals surface area contributed by atoms with Crippen molar-refractivity contribution < 1.29 is 23.6 Å². The molecule has 1 aliphatic rings. The molecule has 30 heavy (non-hydrogen) atoms. The molecule has 0 spiro atoms. The van der Waals surface area contributed by atoms with Crippen molar-refractivity contribution in [3.63, 3.8) is 0 Å². The van der Waals surface area contributed by atoms with E-state index in [4.69, 9.17) is 13.9 Å². The van der Waals surface area contributed by atoms with Crippen LogP contribution < -0.4 is 4.74 Å². The van der Waals surface area contributed by atoms with Crippen molar-refractivity contribution in [1.82, 2.24) is 0 Å². The second-order valence-corrected chi connectivity index (χ2v) is 7.26. The topological polar surface area (TPSA) is 91.8 Å². The minimum absolute atomic E-state index is 0.0798. The maximum Gasteiger partial charge on any atom is 0.343 e. The number of nitro benzene ring substituents is 1. The third kappa shape index (κ3) is 3.90. The third-order valence-corrected chi connectivity index (χ3v) is 4.97. The van der Waals surface area contributed by atoms with Gasteiger partial charge in [-0.25, -0.2) is 4.79 Å². The highest BCUT2D eigenvalue weighted by Gasteiger charge is 2.23. The Hall–Kier alpha value is -3.65. The second kappa shape index (κ2) is 8.00. The lowest BCUT2D eigenvalue weighted by Gasteiger charge is -2.05. The molecule has 0 saturated heterocycles. The van der Waals surface area contributed by atoms with Gasteiger partial charge in [0, 0.05) is 16.1 Å². The Morgan fingerprint density at radius 2 is 1.87 bits per heavy atom. The van der Waals surface area contributed by atoms with E-state index in [2.05, 4.69) is 15.9 Å². The Labute approximate surface area is 179 Å². The van der Waals surface area contributed by atoms with Gasteiger partial charge in [0.1, 0.15) is 23.0 Å². The van der Waals surface area contributed by atoms with Crippen molar-refractivity contribution in [3.8, 4) is 17.1 Å². The SMILES string of the molecule is COc1cc([N+](=O)[O-])ccc1-c1ccc(/C=C2\C=C(c3ccc(Br)cc3)OC2=O)o1. The number of nitro groups is 1. The molecule has 1 aliphatic heterocycles. The van der Waals surface area contributed by atoms with Crippen LogP contribution in [0.2, 0.25) is 0 Å². The van der Waals surface area contributed by atoms with Crippen LogP contribution in [0.1, 0.15) is 11.3 Å². The van der Waals surface area contributed by atoms with E-state index in [1.165, 1.54) is 19.2 Å². The van der Waals surface area contributed by atoms with Crippen LogP contribution in [0.4, 0.5) is 5.69 Å². The van der Waals surface area contributed by atoms with Crippen molar-refractivity contribution in [2.24, 2.45) is 0 Å². The zero-order chi connectivity index (χ0) is 21.3. The van der Waals surface area contributed by atoms with E-state index in [0.717, 1.165) is 10.0 Å². The number of furan rings is 1. The Morgan fingerprint density at radius 3 is 2.57 bits per heavy atom. The molecule has 2 aromatic carbocycles. The van der Waals surface area contributed by atoms with E-state index in [1.54, 1.807) is 30.4 Å². The first-order chi connectivity index (χ1) is 14.4. The second-order valence-electron chi connectivity index (χ2n) is 6.35. The van der Waals surface area contributed by atoms with Gasteiger partial charge in [-0.2, -0.15) is 0 Å². The number of ether oxygens (including phenoxy) is 2. The van der Waals surface area contributed by atoms with Gasteiger partial charge >= 0.3 is 5.97 Å². The smallest absolute Gasteiger partial charge is 0.343 e. The third-order valence-electron chi connectivity index (χ3n) is 4.44. The van der Waals surface area contributed by atoms with Gasteiger partial charge in [0.15, 0.2) is 0 Å². The fourth-order valence-corrected chi connectivity index (χ4v) is 3.24. The van der Waals surface area contributed by atoms with Crippen molar-refractivity contribution in [1.29, 1.82) is 0 Å². The zero-order valence-electron chi connectivity index (χ0n) is 15.6. The van der Waals surface area contributed by atoms with Gasteiger partial charge in [0.05, 0.1) is 29.2 Å². The average molecular weight is 468 g/mol. The van der Waals surface area contributed by atoms with Crippen LogP contribution in [0.15, 0.2) is 75.1 Å². The largest absolute Gasteiger partial charge is 0.496 e. The standard InChI is InChI=1S/C22H14BrNO6/c1-28-21-12-16(24(26)27)6-8-18(21)19-9-7-17(29-19)10-14-11-20(30-22(14)25)13-2-4-15(23)5-3-13/h2-12H,1H3/b14-10+. The summed E-state index contributed by atoms with van der Waals surface area (Å²) in [7, 11) is 1.43. The first kappa shape index (κ1) is 19.7. The molecule has 0 radical (unpaired) electrons. The Bertz CT molecular complexity index is 1210. The van der Waals surface area contributed by atoms with E-state index in [0.29, 0.717) is 34.2 Å². The van der Waals surface area contributed by atoms with Crippen LogP contribution in [-0.2, 0) is 9.53 Å². The van der Waals surface area contributed by atoms with E-state index in [1.807, 2.05) is 24.3 Å². The van der Waals surface area contributed by atoms with Gasteiger partial charge in [-0.15, -0.1) is 0 Å². The van der Waals surface area contributed by atoms with Crippen LogP contribution in [0, 0.1) is 10.1 Å². The number of hydrogen-bond donors (Lipinski definition) is 0. The summed E-state index contributed by atoms with van der Waals surface area (Å²) in [5, 5.41) is 11.0. The van der Waals surface area contributed by atoms with Crippen molar-refractivity contribution in [3.05, 3.63) is 92.2 Å². The van der Waals surface area contributed by atoms with Crippen LogP contribution in [0.3, 0.4) is 0 Å². The summed E-state index contributed by atoms with van der Waals surface area (Å²) in [5.74, 6) is 1.19. The first-order valence-electron chi connectivity index (χ1n) is 8.79. The van der Waals surface area contributed by atoms with E-state index >= 15 is 0 Å². The molecule has 150 valence electrons. The molecule has 0 fully saturated rings. The number of hydrogen-bond acceptors (Lipinski definition) is 6. The Morgan fingerprint density at radius 1 is 1.10 bits per heavy atom. The first-order valence-corrected chi connectivity index (χ1v) is 9.58. The quantitative estimate of drug-likeness (QED) is 0.209. The number of nitrogens with zero attached hydrogens (tertiary/aromatic N) is 1. The van der Waals surface area contributed by atoms with E-state index in [-0.39, 0.29) is 5.69 Å². The lowest BCUT2D eigenvalue weighted by molar-refractivity contribution is -0.384. The number of rotatable bonds is 5. The zero-order valence-corrected chi connectivity index (χ0v) is 17.2. The summed E-state index contributed by atoms with van der Waals surface area (Å²) in [6.45, 7) is 0. The Balaban J connectivity index is 1.63. The minimum atomic E-state index is -0.495. The summed E-state index contributed by atoms with van der Waals surface area (Å²) in [5.41, 5.74) is 1.62. The number of non-ortho nitro benzene ring substituents is 1. The molecule has 2 heterocycles. The number of cyclic esters (lactones) is 1. The van der Waals surface area contributed by atoms with Crippen LogP contribution in [-0.4, -0.2) is 18.0 Å². The fraction of sp³-hybridized carbons (Fsp3) is 0.0455. The summed E-state index contributed by atoms with van der Waals surface area (Å²) in [6, 6.07) is 15.1. The van der Waals surface area contributed by atoms with Crippen molar-refractivity contribution in [2.45, 2.75) is 0 Å². The Kier molecular flexibility index (Phi) is 5.24. The van der Waals surface area contributed by atoms with Gasteiger partial charge < -0.3 is 13.9 Å². The number of carbonyl (C=O) groups is 1. The number of methoxy groups -OCH3 is 1.